The molecule has 2 N–H and O–H groups in total. The molecule has 1 heterocycles. The highest BCUT2D eigenvalue weighted by atomic mass is 16.5. The lowest BCUT2D eigenvalue weighted by molar-refractivity contribution is -0.130. The predicted molar refractivity (Wildman–Crippen MR) is 58.1 cm³/mol. The fourth-order valence-corrected chi connectivity index (χ4v) is 1.69. The van der Waals surface area contributed by atoms with Gasteiger partial charge in [-0.3, -0.25) is 4.79 Å². The second-order valence-corrected chi connectivity index (χ2v) is 3.59. The summed E-state index contributed by atoms with van der Waals surface area (Å²) in [6.07, 6.45) is 0. The molecule has 1 atom stereocenters. The van der Waals surface area contributed by atoms with Gasteiger partial charge in [0.2, 0.25) is 5.60 Å². The zero-order chi connectivity index (χ0) is 11.8. The molecule has 1 unspecified atom stereocenters. The molecule has 0 aromatic heterocycles. The van der Waals surface area contributed by atoms with Crippen LogP contribution in [-0.2, 0) is 15.1 Å². The first kappa shape index (κ1) is 10.5. The molecular weight excluding hydrogens is 208 g/mol. The molecule has 84 valence electrons. The van der Waals surface area contributed by atoms with Crippen LogP contribution >= 0.6 is 0 Å². The second kappa shape index (κ2) is 3.52. The molecule has 16 heavy (non-hydrogen) atoms. The van der Waals surface area contributed by atoms with E-state index in [9.17, 15) is 4.79 Å². The minimum atomic E-state index is -1.18. The standard InChI is InChI=1S/C11H12N2O3/c1-11(9(14)13-10(12)16-11)7-5-3-4-6-8(7)15-2/h3-6H,1-2H3,(H2,12,13,14). The topological polar surface area (TPSA) is 73.9 Å². The molecule has 0 fully saturated rings. The van der Waals surface area contributed by atoms with Gasteiger partial charge in [0.05, 0.1) is 7.11 Å². The van der Waals surface area contributed by atoms with Gasteiger partial charge in [-0.15, -0.1) is 0 Å². The molecule has 0 aliphatic carbocycles. The van der Waals surface area contributed by atoms with Crippen molar-refractivity contribution in [1.82, 2.24) is 0 Å². The maximum Gasteiger partial charge on any atom is 0.299 e. The number of aliphatic imine (C=N–C) groups is 1. The van der Waals surface area contributed by atoms with Gasteiger partial charge in [0.15, 0.2) is 0 Å². The Morgan fingerprint density at radius 1 is 1.44 bits per heavy atom. The minimum absolute atomic E-state index is 0.113. The number of carbonyl (C=O) groups is 1. The summed E-state index contributed by atoms with van der Waals surface area (Å²) >= 11 is 0. The molecule has 0 saturated carbocycles. The van der Waals surface area contributed by atoms with Crippen molar-refractivity contribution in [2.24, 2.45) is 10.7 Å². The number of benzene rings is 1. The van der Waals surface area contributed by atoms with Crippen LogP contribution in [0, 0.1) is 0 Å². The number of nitrogens with zero attached hydrogens (tertiary/aromatic N) is 1. The summed E-state index contributed by atoms with van der Waals surface area (Å²) in [4.78, 5) is 15.3. The third kappa shape index (κ3) is 1.41. The number of amides is 1. The van der Waals surface area contributed by atoms with Crippen LogP contribution in [0.5, 0.6) is 5.75 Å². The van der Waals surface area contributed by atoms with E-state index in [1.807, 2.05) is 6.07 Å². The van der Waals surface area contributed by atoms with Crippen molar-refractivity contribution in [3.63, 3.8) is 0 Å². The molecule has 0 radical (unpaired) electrons. The Labute approximate surface area is 92.9 Å². The third-order valence-corrected chi connectivity index (χ3v) is 2.55. The highest BCUT2D eigenvalue weighted by molar-refractivity contribution is 6.01. The van der Waals surface area contributed by atoms with Crippen LogP contribution in [0.1, 0.15) is 12.5 Å². The zero-order valence-corrected chi connectivity index (χ0v) is 9.06. The lowest BCUT2D eigenvalue weighted by Gasteiger charge is -2.23. The highest BCUT2D eigenvalue weighted by Crippen LogP contribution is 2.36. The van der Waals surface area contributed by atoms with Crippen molar-refractivity contribution < 1.29 is 14.3 Å². The van der Waals surface area contributed by atoms with Gasteiger partial charge in [0.25, 0.3) is 11.9 Å². The fourth-order valence-electron chi connectivity index (χ4n) is 1.69. The molecule has 1 aromatic rings. The first-order valence-electron chi connectivity index (χ1n) is 4.79. The Kier molecular flexibility index (Phi) is 2.30. The van der Waals surface area contributed by atoms with Gasteiger partial charge in [-0.1, -0.05) is 18.2 Å². The van der Waals surface area contributed by atoms with E-state index in [-0.39, 0.29) is 6.02 Å². The minimum Gasteiger partial charge on any atom is -0.496 e. The van der Waals surface area contributed by atoms with Gasteiger partial charge in [-0.25, -0.2) is 0 Å². The third-order valence-electron chi connectivity index (χ3n) is 2.55. The SMILES string of the molecule is COc1ccccc1C1(C)OC(N)=NC1=O. The number of nitrogens with two attached hydrogens (primary N) is 1. The Balaban J connectivity index is 2.49. The largest absolute Gasteiger partial charge is 0.496 e. The van der Waals surface area contributed by atoms with Gasteiger partial charge in [0, 0.05) is 5.56 Å². The molecular formula is C11H12N2O3. The Bertz CT molecular complexity index is 470. The number of methoxy groups -OCH3 is 1. The van der Waals surface area contributed by atoms with Crippen LogP contribution in [0.25, 0.3) is 0 Å². The average molecular weight is 220 g/mol. The van der Waals surface area contributed by atoms with E-state index in [0.717, 1.165) is 0 Å². The van der Waals surface area contributed by atoms with Crippen molar-refractivity contribution in [3.05, 3.63) is 29.8 Å². The molecule has 1 amide bonds. The molecule has 1 aliphatic heterocycles. The number of rotatable bonds is 2. The van der Waals surface area contributed by atoms with Gasteiger partial charge in [-0.05, 0) is 13.0 Å². The van der Waals surface area contributed by atoms with Crippen LogP contribution < -0.4 is 10.5 Å². The predicted octanol–water partition coefficient (Wildman–Crippen LogP) is 0.782. The smallest absolute Gasteiger partial charge is 0.299 e. The van der Waals surface area contributed by atoms with Gasteiger partial charge < -0.3 is 15.2 Å². The summed E-state index contributed by atoms with van der Waals surface area (Å²) in [5.41, 5.74) is 4.83. The van der Waals surface area contributed by atoms with Crippen LogP contribution in [0.4, 0.5) is 0 Å². The number of hydrogen-bond donors (Lipinski definition) is 1. The van der Waals surface area contributed by atoms with Crippen molar-refractivity contribution in [2.45, 2.75) is 12.5 Å². The van der Waals surface area contributed by atoms with E-state index in [0.29, 0.717) is 11.3 Å². The summed E-state index contributed by atoms with van der Waals surface area (Å²) in [5.74, 6) is 0.151. The lowest BCUT2D eigenvalue weighted by atomic mass is 9.94. The zero-order valence-electron chi connectivity index (χ0n) is 9.06. The summed E-state index contributed by atoms with van der Waals surface area (Å²) in [7, 11) is 1.53. The van der Waals surface area contributed by atoms with Crippen LogP contribution in [0.2, 0.25) is 0 Å². The first-order chi connectivity index (χ1) is 7.58. The lowest BCUT2D eigenvalue weighted by Crippen LogP contribution is -2.32. The molecule has 5 heteroatoms. The molecule has 2 rings (SSSR count). The number of hydrogen-bond acceptors (Lipinski definition) is 4. The normalized spacial score (nSPS) is 23.9. The number of para-hydroxylation sites is 1. The molecule has 0 saturated heterocycles. The maximum absolute atomic E-state index is 11.7. The first-order valence-corrected chi connectivity index (χ1v) is 4.79. The monoisotopic (exact) mass is 220 g/mol. The summed E-state index contributed by atoms with van der Waals surface area (Å²) in [5, 5.41) is 0. The van der Waals surface area contributed by atoms with Crippen LogP contribution in [0.15, 0.2) is 29.3 Å². The van der Waals surface area contributed by atoms with Crippen molar-refractivity contribution in [2.75, 3.05) is 7.11 Å². The highest BCUT2D eigenvalue weighted by Gasteiger charge is 2.45. The number of ether oxygens (including phenoxy) is 2. The van der Waals surface area contributed by atoms with Crippen molar-refractivity contribution >= 4 is 11.9 Å². The van der Waals surface area contributed by atoms with E-state index in [4.69, 9.17) is 15.2 Å². The number of carbonyl (C=O) groups excluding carboxylic acids is 1. The Morgan fingerprint density at radius 2 is 2.12 bits per heavy atom. The molecule has 1 aliphatic rings. The van der Waals surface area contributed by atoms with Gasteiger partial charge >= 0.3 is 0 Å². The molecule has 0 bridgehead atoms. The van der Waals surface area contributed by atoms with Crippen molar-refractivity contribution in [1.29, 1.82) is 0 Å². The molecule has 5 nitrogen and oxygen atoms in total. The quantitative estimate of drug-likeness (QED) is 0.799. The average Bonchev–Trinajstić information content (AvgIpc) is 2.53. The van der Waals surface area contributed by atoms with Gasteiger partial charge in [0.1, 0.15) is 5.75 Å². The second-order valence-electron chi connectivity index (χ2n) is 3.59. The summed E-state index contributed by atoms with van der Waals surface area (Å²) in [6.45, 7) is 1.62. The van der Waals surface area contributed by atoms with E-state index < -0.39 is 11.5 Å². The Morgan fingerprint density at radius 3 is 2.69 bits per heavy atom. The van der Waals surface area contributed by atoms with E-state index in [2.05, 4.69) is 4.99 Å². The number of amidine groups is 1. The summed E-state index contributed by atoms with van der Waals surface area (Å²) in [6, 6.07) is 7.01. The van der Waals surface area contributed by atoms with Crippen molar-refractivity contribution in [3.8, 4) is 5.75 Å². The molecule has 0 spiro atoms. The summed E-state index contributed by atoms with van der Waals surface area (Å²) < 4.78 is 10.5. The fraction of sp³-hybridized carbons (Fsp3) is 0.273. The molecule has 1 aromatic carbocycles. The van der Waals surface area contributed by atoms with Crippen LogP contribution in [-0.4, -0.2) is 19.0 Å². The van der Waals surface area contributed by atoms with E-state index in [1.54, 1.807) is 25.1 Å². The Hall–Kier alpha value is -2.04. The van der Waals surface area contributed by atoms with E-state index >= 15 is 0 Å². The maximum atomic E-state index is 11.7. The van der Waals surface area contributed by atoms with E-state index in [1.165, 1.54) is 7.11 Å². The van der Waals surface area contributed by atoms with Gasteiger partial charge in [-0.2, -0.15) is 4.99 Å². The van der Waals surface area contributed by atoms with Crippen LogP contribution in [0.3, 0.4) is 0 Å².